The van der Waals surface area contributed by atoms with Crippen molar-refractivity contribution in [2.24, 2.45) is 5.10 Å². The molecule has 0 saturated carbocycles. The van der Waals surface area contributed by atoms with E-state index in [1.807, 2.05) is 0 Å². The van der Waals surface area contributed by atoms with Crippen molar-refractivity contribution in [3.05, 3.63) is 41.2 Å². The van der Waals surface area contributed by atoms with Crippen LogP contribution in [0.2, 0.25) is 0 Å². The first kappa shape index (κ1) is 20.5. The topological polar surface area (TPSA) is 161 Å². The Morgan fingerprint density at radius 1 is 1.29 bits per heavy atom. The van der Waals surface area contributed by atoms with Gasteiger partial charge in [-0.25, -0.2) is 10.1 Å². The summed E-state index contributed by atoms with van der Waals surface area (Å²) in [6.45, 7) is 4.04. The van der Waals surface area contributed by atoms with Gasteiger partial charge in [0.2, 0.25) is 11.6 Å². The Hall–Kier alpha value is -3.80. The van der Waals surface area contributed by atoms with Crippen molar-refractivity contribution in [1.29, 1.82) is 0 Å². The number of hydrazone groups is 1. The maximum Gasteiger partial charge on any atom is 0.292 e. The zero-order valence-corrected chi connectivity index (χ0v) is 17.0. The van der Waals surface area contributed by atoms with E-state index in [9.17, 15) is 9.90 Å². The van der Waals surface area contributed by atoms with Crippen molar-refractivity contribution < 1.29 is 14.5 Å². The largest absolute Gasteiger partial charge is 0.508 e. The fraction of sp³-hybridized carbons (Fsp3) is 0.368. The van der Waals surface area contributed by atoms with Crippen LogP contribution in [0.15, 0.2) is 34.0 Å². The standard InChI is InChI=1S/C19H23N9O3/c1-12(13-6-5-7-14(29)10-13)21-23-19(30)16-15(11-27-8-3-2-4-9-27)22-26-28(16)18-17(20)24-31-25-18/h5-7,10,29H,2-4,8-9,11H2,1H3,(H2,20,24)(H,23,30)/b21-12-. The maximum absolute atomic E-state index is 13.1. The third-order valence-corrected chi connectivity index (χ3v) is 5.06. The van der Waals surface area contributed by atoms with Crippen LogP contribution in [0.4, 0.5) is 5.82 Å². The number of aromatic nitrogens is 5. The molecule has 0 bridgehead atoms. The number of nitrogens with zero attached hydrogens (tertiary/aromatic N) is 7. The zero-order valence-electron chi connectivity index (χ0n) is 17.0. The molecule has 4 rings (SSSR count). The molecule has 1 aliphatic rings. The number of piperidine rings is 1. The number of aromatic hydroxyl groups is 1. The van der Waals surface area contributed by atoms with E-state index >= 15 is 0 Å². The molecule has 1 amide bonds. The van der Waals surface area contributed by atoms with Crippen molar-refractivity contribution in [3.63, 3.8) is 0 Å². The summed E-state index contributed by atoms with van der Waals surface area (Å²) < 4.78 is 5.86. The lowest BCUT2D eigenvalue weighted by molar-refractivity contribution is 0.0944. The van der Waals surface area contributed by atoms with Crippen LogP contribution in [-0.2, 0) is 6.54 Å². The number of benzene rings is 1. The summed E-state index contributed by atoms with van der Waals surface area (Å²) in [6.07, 6.45) is 3.40. The second-order valence-electron chi connectivity index (χ2n) is 7.29. The molecule has 4 N–H and O–H groups in total. The van der Waals surface area contributed by atoms with E-state index < -0.39 is 5.91 Å². The Morgan fingerprint density at radius 2 is 2.10 bits per heavy atom. The average Bonchev–Trinajstić information content (AvgIpc) is 3.38. The summed E-state index contributed by atoms with van der Waals surface area (Å²) in [6, 6.07) is 6.59. The Bertz CT molecular complexity index is 1100. The van der Waals surface area contributed by atoms with E-state index in [1.54, 1.807) is 31.2 Å². The molecule has 1 aromatic carbocycles. The van der Waals surface area contributed by atoms with Crippen LogP contribution < -0.4 is 11.2 Å². The van der Waals surface area contributed by atoms with Crippen LogP contribution in [0.3, 0.4) is 0 Å². The fourth-order valence-electron chi connectivity index (χ4n) is 3.45. The van der Waals surface area contributed by atoms with Crippen LogP contribution in [0.25, 0.3) is 5.82 Å². The number of nitrogens with two attached hydrogens (primary N) is 1. The lowest BCUT2D eigenvalue weighted by Crippen LogP contribution is -2.31. The number of hydrogen-bond donors (Lipinski definition) is 3. The van der Waals surface area contributed by atoms with Gasteiger partial charge >= 0.3 is 0 Å². The molecule has 0 atom stereocenters. The molecule has 1 aliphatic heterocycles. The first-order valence-corrected chi connectivity index (χ1v) is 9.92. The predicted octanol–water partition coefficient (Wildman–Crippen LogP) is 1.08. The zero-order chi connectivity index (χ0) is 21.8. The molecule has 2 aromatic heterocycles. The van der Waals surface area contributed by atoms with Gasteiger partial charge < -0.3 is 10.8 Å². The highest BCUT2D eigenvalue weighted by Crippen LogP contribution is 2.19. The van der Waals surface area contributed by atoms with Gasteiger partial charge in [0.15, 0.2) is 5.69 Å². The Balaban J connectivity index is 1.62. The average molecular weight is 425 g/mol. The highest BCUT2D eigenvalue weighted by Gasteiger charge is 2.26. The molecule has 12 heteroatoms. The second kappa shape index (κ2) is 8.92. The van der Waals surface area contributed by atoms with E-state index in [-0.39, 0.29) is 23.1 Å². The van der Waals surface area contributed by atoms with E-state index in [1.165, 1.54) is 11.1 Å². The number of rotatable bonds is 6. The van der Waals surface area contributed by atoms with Gasteiger partial charge in [-0.2, -0.15) is 9.78 Å². The molecular formula is C19H23N9O3. The summed E-state index contributed by atoms with van der Waals surface area (Å²) in [7, 11) is 0. The molecular weight excluding hydrogens is 402 g/mol. The molecule has 3 aromatic rings. The molecule has 1 saturated heterocycles. The number of phenols is 1. The normalized spacial score (nSPS) is 15.2. The number of hydrogen-bond acceptors (Lipinski definition) is 10. The summed E-state index contributed by atoms with van der Waals surface area (Å²) in [5.41, 5.74) is 10.1. The molecule has 12 nitrogen and oxygen atoms in total. The summed E-state index contributed by atoms with van der Waals surface area (Å²) in [4.78, 5) is 15.3. The number of carbonyl (C=O) groups is 1. The number of carbonyl (C=O) groups excluding carboxylic acids is 1. The summed E-state index contributed by atoms with van der Waals surface area (Å²) >= 11 is 0. The first-order chi connectivity index (χ1) is 15.0. The van der Waals surface area contributed by atoms with Crippen molar-refractivity contribution in [1.82, 2.24) is 35.6 Å². The Morgan fingerprint density at radius 3 is 2.81 bits per heavy atom. The van der Waals surface area contributed by atoms with Crippen LogP contribution in [0, 0.1) is 0 Å². The quantitative estimate of drug-likeness (QED) is 0.387. The third kappa shape index (κ3) is 4.53. The molecule has 3 heterocycles. The van der Waals surface area contributed by atoms with Gasteiger partial charge in [-0.3, -0.25) is 9.69 Å². The van der Waals surface area contributed by atoms with Crippen molar-refractivity contribution in [3.8, 4) is 11.6 Å². The van der Waals surface area contributed by atoms with Crippen LogP contribution >= 0.6 is 0 Å². The third-order valence-electron chi connectivity index (χ3n) is 5.06. The lowest BCUT2D eigenvalue weighted by Gasteiger charge is -2.25. The van der Waals surface area contributed by atoms with Crippen molar-refractivity contribution in [2.45, 2.75) is 32.7 Å². The van der Waals surface area contributed by atoms with Gasteiger partial charge in [0.05, 0.1) is 5.71 Å². The number of likely N-dealkylation sites (tertiary alicyclic amines) is 1. The molecule has 0 aliphatic carbocycles. The van der Waals surface area contributed by atoms with Gasteiger partial charge in [-0.15, -0.1) is 5.10 Å². The van der Waals surface area contributed by atoms with Gasteiger partial charge in [0.25, 0.3) is 5.91 Å². The van der Waals surface area contributed by atoms with Gasteiger partial charge in [0.1, 0.15) is 11.4 Å². The molecule has 31 heavy (non-hydrogen) atoms. The number of anilines is 1. The monoisotopic (exact) mass is 425 g/mol. The number of nitrogens with one attached hydrogen (secondary N) is 1. The predicted molar refractivity (Wildman–Crippen MR) is 111 cm³/mol. The summed E-state index contributed by atoms with van der Waals surface area (Å²) in [5.74, 6) is -0.350. The molecule has 0 unspecified atom stereocenters. The number of nitrogen functional groups attached to an aromatic ring is 1. The lowest BCUT2D eigenvalue weighted by atomic mass is 10.1. The fourth-order valence-corrected chi connectivity index (χ4v) is 3.45. The molecule has 162 valence electrons. The SMILES string of the molecule is C/C(=N/NC(=O)c1c(CN2CCCCC2)nnn1-c1nonc1N)c1cccc(O)c1. The minimum atomic E-state index is -0.529. The first-order valence-electron chi connectivity index (χ1n) is 9.92. The molecule has 1 fully saturated rings. The van der Waals surface area contributed by atoms with E-state index in [2.05, 4.69) is 40.7 Å². The molecule has 0 radical (unpaired) electrons. The van der Waals surface area contributed by atoms with E-state index in [0.717, 1.165) is 25.9 Å². The van der Waals surface area contributed by atoms with Gasteiger partial charge in [-0.1, -0.05) is 23.8 Å². The minimum Gasteiger partial charge on any atom is -0.508 e. The second-order valence-corrected chi connectivity index (χ2v) is 7.29. The van der Waals surface area contributed by atoms with Crippen LogP contribution in [0.5, 0.6) is 5.75 Å². The highest BCUT2D eigenvalue weighted by atomic mass is 16.6. The van der Waals surface area contributed by atoms with Crippen LogP contribution in [0.1, 0.15) is 47.9 Å². The highest BCUT2D eigenvalue weighted by molar-refractivity contribution is 6.01. The summed E-state index contributed by atoms with van der Waals surface area (Å²) in [5, 5.41) is 29.3. The maximum atomic E-state index is 13.1. The van der Waals surface area contributed by atoms with E-state index in [4.69, 9.17) is 5.73 Å². The van der Waals surface area contributed by atoms with Crippen molar-refractivity contribution >= 4 is 17.4 Å². The van der Waals surface area contributed by atoms with Crippen LogP contribution in [-0.4, -0.2) is 60.0 Å². The Kier molecular flexibility index (Phi) is 5.89. The van der Waals surface area contributed by atoms with Crippen molar-refractivity contribution in [2.75, 3.05) is 18.8 Å². The minimum absolute atomic E-state index is 0.0112. The van der Waals surface area contributed by atoms with Gasteiger partial charge in [-0.05, 0) is 55.3 Å². The van der Waals surface area contributed by atoms with E-state index in [0.29, 0.717) is 23.5 Å². The number of phenolic OH excluding ortho intramolecular Hbond substituents is 1. The van der Waals surface area contributed by atoms with Gasteiger partial charge in [0, 0.05) is 12.1 Å². The molecule has 0 spiro atoms. The smallest absolute Gasteiger partial charge is 0.292 e. The number of amides is 1. The Labute approximate surface area is 177 Å².